The summed E-state index contributed by atoms with van der Waals surface area (Å²) in [6.45, 7) is 2.15. The first-order valence-electron chi connectivity index (χ1n) is 7.31. The van der Waals surface area contributed by atoms with Gasteiger partial charge in [-0.05, 0) is 18.8 Å². The number of sulfone groups is 1. The van der Waals surface area contributed by atoms with Crippen LogP contribution in [0.3, 0.4) is 0 Å². The third-order valence-electron chi connectivity index (χ3n) is 3.51. The molecule has 1 saturated heterocycles. The lowest BCUT2D eigenvalue weighted by molar-refractivity contribution is -0.116. The maximum atomic E-state index is 11.9. The minimum absolute atomic E-state index is 0.0630. The average Bonchev–Trinajstić information content (AvgIpc) is 2.96. The second-order valence-electron chi connectivity index (χ2n) is 5.48. The number of amides is 1. The van der Waals surface area contributed by atoms with Gasteiger partial charge in [-0.15, -0.1) is 10.2 Å². The van der Waals surface area contributed by atoms with Crippen LogP contribution in [-0.4, -0.2) is 36.0 Å². The van der Waals surface area contributed by atoms with Crippen LogP contribution >= 0.6 is 11.3 Å². The summed E-state index contributed by atoms with van der Waals surface area (Å²) in [7, 11) is -2.93. The monoisotopic (exact) mass is 331 g/mol. The number of hydrogen-bond donors (Lipinski definition) is 1. The van der Waals surface area contributed by atoms with Gasteiger partial charge in [0.05, 0.1) is 11.5 Å². The van der Waals surface area contributed by atoms with Gasteiger partial charge in [-0.2, -0.15) is 0 Å². The molecule has 1 aromatic rings. The Morgan fingerprint density at radius 3 is 2.86 bits per heavy atom. The Balaban J connectivity index is 1.77. The number of hydrogen-bond acceptors (Lipinski definition) is 6. The van der Waals surface area contributed by atoms with Gasteiger partial charge in [0.1, 0.15) is 5.01 Å². The van der Waals surface area contributed by atoms with Gasteiger partial charge in [0.2, 0.25) is 11.0 Å². The minimum atomic E-state index is -2.93. The standard InChI is InChI=1S/C13H21N3O3S2/c1-2-3-4-5-12-15-16-13(20-12)14-11(17)8-10-6-7-21(18,19)9-10/h10H,2-9H2,1H3,(H,14,16,17)/t10-/m1/s1. The molecule has 0 bridgehead atoms. The largest absolute Gasteiger partial charge is 0.301 e. The van der Waals surface area contributed by atoms with E-state index in [0.717, 1.165) is 30.7 Å². The Bertz CT molecular complexity index is 583. The summed E-state index contributed by atoms with van der Waals surface area (Å²) in [5, 5.41) is 12.2. The van der Waals surface area contributed by atoms with Crippen LogP contribution in [0.4, 0.5) is 5.13 Å². The second-order valence-corrected chi connectivity index (χ2v) is 8.77. The normalized spacial score (nSPS) is 20.5. The number of carbonyl (C=O) groups is 1. The quantitative estimate of drug-likeness (QED) is 0.772. The van der Waals surface area contributed by atoms with Crippen molar-refractivity contribution in [3.05, 3.63) is 5.01 Å². The van der Waals surface area contributed by atoms with E-state index in [1.165, 1.54) is 11.3 Å². The molecule has 0 aromatic carbocycles. The predicted octanol–water partition coefficient (Wildman–Crippen LogP) is 2.03. The van der Waals surface area contributed by atoms with E-state index in [2.05, 4.69) is 22.4 Å². The SMILES string of the molecule is CCCCCc1nnc(NC(=O)C[C@H]2CCS(=O)(=O)C2)s1. The van der Waals surface area contributed by atoms with E-state index < -0.39 is 9.84 Å². The fraction of sp³-hybridized carbons (Fsp3) is 0.769. The van der Waals surface area contributed by atoms with Crippen molar-refractivity contribution in [1.29, 1.82) is 0 Å². The molecule has 8 heteroatoms. The average molecular weight is 331 g/mol. The van der Waals surface area contributed by atoms with Crippen molar-refractivity contribution in [3.63, 3.8) is 0 Å². The maximum absolute atomic E-state index is 11.9. The van der Waals surface area contributed by atoms with Crippen LogP contribution in [0.5, 0.6) is 0 Å². The molecule has 1 aliphatic heterocycles. The molecule has 21 heavy (non-hydrogen) atoms. The minimum Gasteiger partial charge on any atom is -0.301 e. The van der Waals surface area contributed by atoms with Crippen molar-refractivity contribution in [3.8, 4) is 0 Å². The van der Waals surface area contributed by atoms with Crippen LogP contribution in [0.1, 0.15) is 44.0 Å². The van der Waals surface area contributed by atoms with Crippen LogP contribution in [-0.2, 0) is 21.1 Å². The van der Waals surface area contributed by atoms with Crippen LogP contribution in [0.2, 0.25) is 0 Å². The zero-order valence-electron chi connectivity index (χ0n) is 12.2. The molecule has 1 amide bonds. The molecule has 0 spiro atoms. The Morgan fingerprint density at radius 2 is 2.19 bits per heavy atom. The van der Waals surface area contributed by atoms with Gasteiger partial charge < -0.3 is 5.32 Å². The van der Waals surface area contributed by atoms with Gasteiger partial charge in [-0.1, -0.05) is 31.1 Å². The first kappa shape index (κ1) is 16.4. The lowest BCUT2D eigenvalue weighted by Crippen LogP contribution is -2.17. The summed E-state index contributed by atoms with van der Waals surface area (Å²) in [6.07, 6.45) is 5.11. The van der Waals surface area contributed by atoms with Crippen LogP contribution in [0.25, 0.3) is 0 Å². The maximum Gasteiger partial charge on any atom is 0.226 e. The van der Waals surface area contributed by atoms with Crippen LogP contribution < -0.4 is 5.32 Å². The van der Waals surface area contributed by atoms with Crippen molar-refractivity contribution in [2.24, 2.45) is 5.92 Å². The molecule has 0 radical (unpaired) electrons. The first-order valence-corrected chi connectivity index (χ1v) is 9.95. The number of rotatable bonds is 7. The lowest BCUT2D eigenvalue weighted by Gasteiger charge is -2.05. The zero-order chi connectivity index (χ0) is 15.3. The first-order chi connectivity index (χ1) is 9.98. The van der Waals surface area contributed by atoms with Gasteiger partial charge in [0.25, 0.3) is 0 Å². The third kappa shape index (κ3) is 5.35. The molecule has 1 aliphatic rings. The van der Waals surface area contributed by atoms with E-state index in [1.54, 1.807) is 0 Å². The van der Waals surface area contributed by atoms with E-state index in [1.807, 2.05) is 0 Å². The number of anilines is 1. The van der Waals surface area contributed by atoms with Gasteiger partial charge in [-0.25, -0.2) is 8.42 Å². The van der Waals surface area contributed by atoms with Crippen molar-refractivity contribution in [2.45, 2.75) is 45.4 Å². The van der Waals surface area contributed by atoms with E-state index in [-0.39, 0.29) is 29.8 Å². The molecule has 1 atom stereocenters. The van der Waals surface area contributed by atoms with Gasteiger partial charge >= 0.3 is 0 Å². The molecular weight excluding hydrogens is 310 g/mol. The van der Waals surface area contributed by atoms with Gasteiger partial charge in [0, 0.05) is 12.8 Å². The fourth-order valence-electron chi connectivity index (χ4n) is 2.40. The lowest BCUT2D eigenvalue weighted by atomic mass is 10.1. The summed E-state index contributed by atoms with van der Waals surface area (Å²) < 4.78 is 22.7. The van der Waals surface area contributed by atoms with E-state index in [0.29, 0.717) is 11.6 Å². The van der Waals surface area contributed by atoms with Gasteiger partial charge in [-0.3, -0.25) is 4.79 Å². The van der Waals surface area contributed by atoms with Crippen molar-refractivity contribution >= 4 is 32.2 Å². The molecule has 118 valence electrons. The Kier molecular flexibility index (Phi) is 5.69. The summed E-state index contributed by atoms with van der Waals surface area (Å²) in [5.41, 5.74) is 0. The molecular formula is C13H21N3O3S2. The highest BCUT2D eigenvalue weighted by Gasteiger charge is 2.29. The number of carbonyl (C=O) groups excluding carboxylic acids is 1. The summed E-state index contributed by atoms with van der Waals surface area (Å²) in [6, 6.07) is 0. The highest BCUT2D eigenvalue weighted by molar-refractivity contribution is 7.91. The Hall–Kier alpha value is -1.02. The van der Waals surface area contributed by atoms with Crippen LogP contribution in [0.15, 0.2) is 0 Å². The van der Waals surface area contributed by atoms with E-state index >= 15 is 0 Å². The van der Waals surface area contributed by atoms with Crippen molar-refractivity contribution in [2.75, 3.05) is 16.8 Å². The van der Waals surface area contributed by atoms with Crippen LogP contribution in [0, 0.1) is 5.92 Å². The highest BCUT2D eigenvalue weighted by Crippen LogP contribution is 2.23. The molecule has 2 heterocycles. The number of aromatic nitrogens is 2. The number of nitrogens with zero attached hydrogens (tertiary/aromatic N) is 2. The third-order valence-corrected chi connectivity index (χ3v) is 6.24. The second kappa shape index (κ2) is 7.31. The van der Waals surface area contributed by atoms with Crippen molar-refractivity contribution < 1.29 is 13.2 Å². The number of aryl methyl sites for hydroxylation is 1. The summed E-state index contributed by atoms with van der Waals surface area (Å²) >= 11 is 1.40. The topological polar surface area (TPSA) is 89.0 Å². The summed E-state index contributed by atoms with van der Waals surface area (Å²) in [5.74, 6) is 0.0877. The molecule has 1 N–H and O–H groups in total. The van der Waals surface area contributed by atoms with E-state index in [4.69, 9.17) is 0 Å². The van der Waals surface area contributed by atoms with Gasteiger partial charge in [0.15, 0.2) is 9.84 Å². The molecule has 0 aliphatic carbocycles. The van der Waals surface area contributed by atoms with Crippen molar-refractivity contribution in [1.82, 2.24) is 10.2 Å². The Morgan fingerprint density at radius 1 is 1.38 bits per heavy atom. The number of nitrogens with one attached hydrogen (secondary N) is 1. The number of unbranched alkanes of at least 4 members (excludes halogenated alkanes) is 2. The predicted molar refractivity (Wildman–Crippen MR) is 83.1 cm³/mol. The summed E-state index contributed by atoms with van der Waals surface area (Å²) in [4.78, 5) is 11.9. The van der Waals surface area contributed by atoms with E-state index in [9.17, 15) is 13.2 Å². The molecule has 1 fully saturated rings. The molecule has 2 rings (SSSR count). The molecule has 0 unspecified atom stereocenters. The highest BCUT2D eigenvalue weighted by atomic mass is 32.2. The molecule has 0 saturated carbocycles. The molecule has 6 nitrogen and oxygen atoms in total. The zero-order valence-corrected chi connectivity index (χ0v) is 13.8. The smallest absolute Gasteiger partial charge is 0.226 e. The Labute approximate surface area is 129 Å². The fourth-order valence-corrected chi connectivity index (χ4v) is 5.06. The molecule has 1 aromatic heterocycles.